The molecule has 1 amide bonds. The lowest BCUT2D eigenvalue weighted by Crippen LogP contribution is -2.34. The molecule has 0 fully saturated rings. The molecule has 0 aromatic carbocycles. The highest BCUT2D eigenvalue weighted by Crippen LogP contribution is 2.12. The van der Waals surface area contributed by atoms with Crippen molar-refractivity contribution in [3.63, 3.8) is 0 Å². The van der Waals surface area contributed by atoms with Crippen LogP contribution in [0.1, 0.15) is 16.8 Å². The number of nitrogens with one attached hydrogen (secondary N) is 1. The minimum atomic E-state index is -0.973. The number of halogens is 1. The normalized spacial score (nSPS) is 11.9. The molecule has 0 aliphatic heterocycles. The van der Waals surface area contributed by atoms with E-state index in [2.05, 4.69) is 26.2 Å². The van der Waals surface area contributed by atoms with Crippen LogP contribution in [0.2, 0.25) is 0 Å². The zero-order valence-corrected chi connectivity index (χ0v) is 11.3. The Kier molecular flexibility index (Phi) is 5.73. The topological polar surface area (TPSA) is 88.5 Å². The van der Waals surface area contributed by atoms with Gasteiger partial charge in [-0.05, 0) is 28.1 Å². The number of ether oxygens (including phenoxy) is 1. The molecule has 0 saturated carbocycles. The average molecular weight is 317 g/mol. The number of pyridine rings is 1. The maximum atomic E-state index is 11.8. The fourth-order valence-electron chi connectivity index (χ4n) is 1.29. The number of methoxy groups -OCH3 is 1. The van der Waals surface area contributed by atoms with Gasteiger partial charge in [0.05, 0.1) is 18.1 Å². The van der Waals surface area contributed by atoms with Crippen molar-refractivity contribution in [2.75, 3.05) is 13.7 Å². The van der Waals surface area contributed by atoms with Gasteiger partial charge in [0.2, 0.25) is 0 Å². The van der Waals surface area contributed by atoms with Crippen LogP contribution in [0.3, 0.4) is 0 Å². The number of aliphatic carboxylic acids is 1. The molecule has 0 radical (unpaired) electrons. The Hall–Kier alpha value is -1.47. The molecule has 0 saturated heterocycles. The minimum absolute atomic E-state index is 0.128. The lowest BCUT2D eigenvalue weighted by atomic mass is 10.2. The monoisotopic (exact) mass is 316 g/mol. The predicted octanol–water partition coefficient (Wildman–Crippen LogP) is 1.06. The molecular weight excluding hydrogens is 304 g/mol. The SMILES string of the molecule is COC(CNC(=O)c1cccnc1Br)CC(=O)O. The Morgan fingerprint density at radius 2 is 2.33 bits per heavy atom. The number of carbonyl (C=O) groups is 2. The summed E-state index contributed by atoms with van der Waals surface area (Å²) in [7, 11) is 1.40. The summed E-state index contributed by atoms with van der Waals surface area (Å²) in [6.07, 6.45) is 0.843. The van der Waals surface area contributed by atoms with Gasteiger partial charge in [-0.3, -0.25) is 9.59 Å². The quantitative estimate of drug-likeness (QED) is 0.766. The number of nitrogens with zero attached hydrogens (tertiary/aromatic N) is 1. The van der Waals surface area contributed by atoms with Gasteiger partial charge in [0.1, 0.15) is 4.60 Å². The summed E-state index contributed by atoms with van der Waals surface area (Å²) >= 11 is 3.16. The molecule has 0 bridgehead atoms. The van der Waals surface area contributed by atoms with Crippen LogP contribution in [0, 0.1) is 0 Å². The van der Waals surface area contributed by atoms with E-state index in [1.165, 1.54) is 7.11 Å². The van der Waals surface area contributed by atoms with Gasteiger partial charge in [0, 0.05) is 19.9 Å². The first-order chi connectivity index (χ1) is 8.54. The van der Waals surface area contributed by atoms with Crippen molar-refractivity contribution in [2.45, 2.75) is 12.5 Å². The number of carboxylic acids is 1. The summed E-state index contributed by atoms with van der Waals surface area (Å²) < 4.78 is 5.39. The van der Waals surface area contributed by atoms with Crippen molar-refractivity contribution >= 4 is 27.8 Å². The van der Waals surface area contributed by atoms with Crippen molar-refractivity contribution in [3.8, 4) is 0 Å². The van der Waals surface area contributed by atoms with E-state index in [4.69, 9.17) is 9.84 Å². The lowest BCUT2D eigenvalue weighted by Gasteiger charge is -2.14. The van der Waals surface area contributed by atoms with E-state index in [0.29, 0.717) is 10.2 Å². The third-order valence-corrected chi connectivity index (χ3v) is 2.86. The van der Waals surface area contributed by atoms with E-state index in [1.54, 1.807) is 18.3 Å². The molecular formula is C11H13BrN2O4. The van der Waals surface area contributed by atoms with Crippen LogP contribution in [-0.2, 0) is 9.53 Å². The molecule has 1 aromatic rings. The Balaban J connectivity index is 2.55. The number of hydrogen-bond donors (Lipinski definition) is 2. The summed E-state index contributed by atoms with van der Waals surface area (Å²) in [5.41, 5.74) is 0.391. The third-order valence-electron chi connectivity index (χ3n) is 2.23. The van der Waals surface area contributed by atoms with Crippen LogP contribution in [0.4, 0.5) is 0 Å². The first-order valence-corrected chi connectivity index (χ1v) is 5.97. The molecule has 1 heterocycles. The fraction of sp³-hybridized carbons (Fsp3) is 0.364. The molecule has 2 N–H and O–H groups in total. The van der Waals surface area contributed by atoms with Gasteiger partial charge in [-0.25, -0.2) is 4.98 Å². The summed E-state index contributed by atoms with van der Waals surface area (Å²) in [4.78, 5) is 26.2. The lowest BCUT2D eigenvalue weighted by molar-refractivity contribution is -0.139. The van der Waals surface area contributed by atoms with Gasteiger partial charge in [-0.15, -0.1) is 0 Å². The van der Waals surface area contributed by atoms with Crippen molar-refractivity contribution < 1.29 is 19.4 Å². The molecule has 1 aromatic heterocycles. The Morgan fingerprint density at radius 3 is 2.89 bits per heavy atom. The molecule has 0 aliphatic carbocycles. The Labute approximate surface area is 112 Å². The van der Waals surface area contributed by atoms with E-state index in [1.807, 2.05) is 0 Å². The largest absolute Gasteiger partial charge is 0.481 e. The Bertz CT molecular complexity index is 439. The highest BCUT2D eigenvalue weighted by molar-refractivity contribution is 9.10. The van der Waals surface area contributed by atoms with Crippen molar-refractivity contribution in [1.29, 1.82) is 0 Å². The second-order valence-electron chi connectivity index (χ2n) is 3.51. The average Bonchev–Trinajstić information content (AvgIpc) is 2.34. The van der Waals surface area contributed by atoms with Crippen molar-refractivity contribution in [3.05, 3.63) is 28.5 Å². The summed E-state index contributed by atoms with van der Waals surface area (Å²) in [6, 6.07) is 3.26. The van der Waals surface area contributed by atoms with Crippen LogP contribution in [0.25, 0.3) is 0 Å². The van der Waals surface area contributed by atoms with E-state index in [0.717, 1.165) is 0 Å². The minimum Gasteiger partial charge on any atom is -0.481 e. The molecule has 1 rings (SSSR count). The molecule has 6 nitrogen and oxygen atoms in total. The number of aromatic nitrogens is 1. The standard InChI is InChI=1S/C11H13BrN2O4/c1-18-7(5-9(15)16)6-14-11(17)8-3-2-4-13-10(8)12/h2-4,7H,5-6H2,1H3,(H,14,17)(H,15,16). The van der Waals surface area contributed by atoms with Gasteiger partial charge >= 0.3 is 5.97 Å². The van der Waals surface area contributed by atoms with Gasteiger partial charge in [0.15, 0.2) is 0 Å². The molecule has 0 spiro atoms. The molecule has 7 heteroatoms. The summed E-state index contributed by atoms with van der Waals surface area (Å²) in [5.74, 6) is -1.30. The highest BCUT2D eigenvalue weighted by atomic mass is 79.9. The molecule has 98 valence electrons. The zero-order valence-electron chi connectivity index (χ0n) is 9.72. The maximum Gasteiger partial charge on any atom is 0.306 e. The van der Waals surface area contributed by atoms with Crippen LogP contribution >= 0.6 is 15.9 Å². The number of amides is 1. The van der Waals surface area contributed by atoms with Gasteiger partial charge < -0.3 is 15.2 Å². The summed E-state index contributed by atoms with van der Waals surface area (Å²) in [6.45, 7) is 0.128. The van der Waals surface area contributed by atoms with E-state index >= 15 is 0 Å². The molecule has 1 atom stereocenters. The van der Waals surface area contributed by atoms with E-state index < -0.39 is 12.1 Å². The number of carbonyl (C=O) groups excluding carboxylic acids is 1. The van der Waals surface area contributed by atoms with Crippen LogP contribution in [0.5, 0.6) is 0 Å². The van der Waals surface area contributed by atoms with Gasteiger partial charge in [-0.1, -0.05) is 0 Å². The van der Waals surface area contributed by atoms with E-state index in [-0.39, 0.29) is 18.9 Å². The highest BCUT2D eigenvalue weighted by Gasteiger charge is 2.15. The number of carboxylic acid groups (broad SMARTS) is 1. The van der Waals surface area contributed by atoms with Gasteiger partial charge in [-0.2, -0.15) is 0 Å². The zero-order chi connectivity index (χ0) is 13.5. The van der Waals surface area contributed by atoms with Crippen LogP contribution in [0.15, 0.2) is 22.9 Å². The smallest absolute Gasteiger partial charge is 0.306 e. The number of hydrogen-bond acceptors (Lipinski definition) is 4. The first kappa shape index (κ1) is 14.6. The molecule has 0 aliphatic rings. The number of rotatable bonds is 6. The molecule has 18 heavy (non-hydrogen) atoms. The van der Waals surface area contributed by atoms with Gasteiger partial charge in [0.25, 0.3) is 5.91 Å². The first-order valence-electron chi connectivity index (χ1n) is 5.18. The van der Waals surface area contributed by atoms with Crippen LogP contribution < -0.4 is 5.32 Å². The molecule has 1 unspecified atom stereocenters. The second kappa shape index (κ2) is 7.07. The Morgan fingerprint density at radius 1 is 1.61 bits per heavy atom. The fourth-order valence-corrected chi connectivity index (χ4v) is 1.72. The van der Waals surface area contributed by atoms with Crippen molar-refractivity contribution in [1.82, 2.24) is 10.3 Å². The second-order valence-corrected chi connectivity index (χ2v) is 4.26. The van der Waals surface area contributed by atoms with E-state index in [9.17, 15) is 9.59 Å². The summed E-state index contributed by atoms with van der Waals surface area (Å²) in [5, 5.41) is 11.2. The van der Waals surface area contributed by atoms with Crippen molar-refractivity contribution in [2.24, 2.45) is 0 Å². The maximum absolute atomic E-state index is 11.8. The third kappa shape index (κ3) is 4.42. The predicted molar refractivity (Wildman–Crippen MR) is 67.3 cm³/mol. The van der Waals surface area contributed by atoms with Crippen LogP contribution in [-0.4, -0.2) is 41.7 Å².